The van der Waals surface area contributed by atoms with E-state index in [0.29, 0.717) is 19.7 Å². The fraction of sp³-hybridized carbons (Fsp3) is 0.615. The number of aromatic nitrogens is 1. The molecule has 1 fully saturated rings. The standard InChI is InChI=1S/C13H21N3O4S/c1-13(3-4-13)9-15-12(17)11-7-10(21(14,18)19)8-16(11)5-6-20-2/h7-8H,3-6,9H2,1-2H3,(H,15,17)(H2,14,18,19). The minimum Gasteiger partial charge on any atom is -0.383 e. The smallest absolute Gasteiger partial charge is 0.267 e. The third-order valence-corrected chi connectivity index (χ3v) is 4.63. The van der Waals surface area contributed by atoms with Gasteiger partial charge in [0.05, 0.1) is 6.61 Å². The highest BCUT2D eigenvalue weighted by atomic mass is 32.2. The van der Waals surface area contributed by atoms with Crippen LogP contribution in [0.2, 0.25) is 0 Å². The van der Waals surface area contributed by atoms with Gasteiger partial charge in [-0.2, -0.15) is 0 Å². The SMILES string of the molecule is COCCn1cc(S(N)(=O)=O)cc1C(=O)NCC1(C)CC1. The minimum absolute atomic E-state index is 0.0682. The number of nitrogens with two attached hydrogens (primary N) is 1. The third-order valence-electron chi connectivity index (χ3n) is 3.75. The van der Waals surface area contributed by atoms with Gasteiger partial charge in [-0.05, 0) is 24.3 Å². The Morgan fingerprint density at radius 2 is 2.19 bits per heavy atom. The maximum Gasteiger partial charge on any atom is 0.267 e. The summed E-state index contributed by atoms with van der Waals surface area (Å²) in [5, 5.41) is 7.96. The molecule has 21 heavy (non-hydrogen) atoms. The Hall–Kier alpha value is -1.38. The minimum atomic E-state index is -3.84. The second kappa shape index (κ2) is 5.78. The van der Waals surface area contributed by atoms with Gasteiger partial charge in [0.15, 0.2) is 0 Å². The fourth-order valence-corrected chi connectivity index (χ4v) is 2.53. The predicted octanol–water partition coefficient (Wildman–Crippen LogP) is 0.312. The summed E-state index contributed by atoms with van der Waals surface area (Å²) in [5.41, 5.74) is 0.461. The molecule has 0 atom stereocenters. The largest absolute Gasteiger partial charge is 0.383 e. The van der Waals surface area contributed by atoms with Gasteiger partial charge in [-0.15, -0.1) is 0 Å². The number of sulfonamides is 1. The first-order valence-electron chi connectivity index (χ1n) is 6.75. The van der Waals surface area contributed by atoms with E-state index in [-0.39, 0.29) is 21.9 Å². The highest BCUT2D eigenvalue weighted by Crippen LogP contribution is 2.44. The molecule has 118 valence electrons. The molecule has 7 nitrogen and oxygen atoms in total. The summed E-state index contributed by atoms with van der Waals surface area (Å²) in [5.74, 6) is -0.297. The molecule has 1 heterocycles. The molecule has 0 bridgehead atoms. The number of methoxy groups -OCH3 is 1. The van der Waals surface area contributed by atoms with Crippen molar-refractivity contribution >= 4 is 15.9 Å². The van der Waals surface area contributed by atoms with Crippen LogP contribution in [0.15, 0.2) is 17.2 Å². The number of nitrogens with one attached hydrogen (secondary N) is 1. The van der Waals surface area contributed by atoms with Crippen LogP contribution in [0.3, 0.4) is 0 Å². The molecule has 0 aliphatic heterocycles. The van der Waals surface area contributed by atoms with Gasteiger partial charge in [-0.3, -0.25) is 4.79 Å². The van der Waals surface area contributed by atoms with E-state index >= 15 is 0 Å². The maximum atomic E-state index is 12.2. The average molecular weight is 315 g/mol. The number of hydrogen-bond donors (Lipinski definition) is 2. The molecule has 0 radical (unpaired) electrons. The quantitative estimate of drug-likeness (QED) is 0.756. The van der Waals surface area contributed by atoms with Crippen LogP contribution in [0.1, 0.15) is 30.3 Å². The summed E-state index contributed by atoms with van der Waals surface area (Å²) in [4.78, 5) is 12.2. The molecule has 1 amide bonds. The van der Waals surface area contributed by atoms with Crippen molar-refractivity contribution in [3.8, 4) is 0 Å². The highest BCUT2D eigenvalue weighted by Gasteiger charge is 2.37. The lowest BCUT2D eigenvalue weighted by molar-refractivity contribution is 0.0934. The normalized spacial score (nSPS) is 16.7. The van der Waals surface area contributed by atoms with E-state index in [2.05, 4.69) is 12.2 Å². The van der Waals surface area contributed by atoms with E-state index < -0.39 is 10.0 Å². The van der Waals surface area contributed by atoms with Crippen LogP contribution in [0.5, 0.6) is 0 Å². The molecule has 0 spiro atoms. The van der Waals surface area contributed by atoms with Gasteiger partial charge in [0.2, 0.25) is 10.0 Å². The number of nitrogens with zero attached hydrogens (tertiary/aromatic N) is 1. The van der Waals surface area contributed by atoms with Crippen LogP contribution in [-0.4, -0.2) is 39.2 Å². The van der Waals surface area contributed by atoms with Crippen molar-refractivity contribution in [2.75, 3.05) is 20.3 Å². The first-order valence-corrected chi connectivity index (χ1v) is 8.30. The monoisotopic (exact) mass is 315 g/mol. The van der Waals surface area contributed by atoms with Crippen molar-refractivity contribution in [3.63, 3.8) is 0 Å². The van der Waals surface area contributed by atoms with Crippen molar-refractivity contribution in [1.82, 2.24) is 9.88 Å². The van der Waals surface area contributed by atoms with Gasteiger partial charge in [0, 0.05) is 26.4 Å². The van der Waals surface area contributed by atoms with E-state index in [4.69, 9.17) is 9.88 Å². The molecule has 1 aromatic rings. The van der Waals surface area contributed by atoms with Gasteiger partial charge in [-0.1, -0.05) is 6.92 Å². The number of rotatable bonds is 7. The van der Waals surface area contributed by atoms with Crippen LogP contribution in [0.25, 0.3) is 0 Å². The van der Waals surface area contributed by atoms with Gasteiger partial charge in [0.1, 0.15) is 10.6 Å². The summed E-state index contributed by atoms with van der Waals surface area (Å²) < 4.78 is 29.4. The molecular formula is C13H21N3O4S. The number of ether oxygens (including phenoxy) is 1. The van der Waals surface area contributed by atoms with Gasteiger partial charge in [0.25, 0.3) is 5.91 Å². The summed E-state index contributed by atoms with van der Waals surface area (Å²) in [6.45, 7) is 3.45. The van der Waals surface area contributed by atoms with Crippen molar-refractivity contribution in [2.24, 2.45) is 10.6 Å². The molecule has 8 heteroatoms. The Morgan fingerprint density at radius 3 is 2.71 bits per heavy atom. The summed E-state index contributed by atoms with van der Waals surface area (Å²) >= 11 is 0. The lowest BCUT2D eigenvalue weighted by Gasteiger charge is -2.12. The maximum absolute atomic E-state index is 12.2. The zero-order chi connectivity index (χ0) is 15.7. The van der Waals surface area contributed by atoms with E-state index in [1.807, 2.05) is 0 Å². The highest BCUT2D eigenvalue weighted by molar-refractivity contribution is 7.89. The molecular weight excluding hydrogens is 294 g/mol. The van der Waals surface area contributed by atoms with Gasteiger partial charge < -0.3 is 14.6 Å². The van der Waals surface area contributed by atoms with Crippen LogP contribution < -0.4 is 10.5 Å². The van der Waals surface area contributed by atoms with E-state index in [1.54, 1.807) is 4.57 Å². The van der Waals surface area contributed by atoms with E-state index in [9.17, 15) is 13.2 Å². The number of carbonyl (C=O) groups is 1. The van der Waals surface area contributed by atoms with Crippen LogP contribution in [-0.2, 0) is 21.3 Å². The Labute approximate surface area is 124 Å². The Kier molecular flexibility index (Phi) is 4.40. The molecule has 3 N–H and O–H groups in total. The van der Waals surface area contributed by atoms with Crippen molar-refractivity contribution in [3.05, 3.63) is 18.0 Å². The first-order chi connectivity index (χ1) is 9.75. The lowest BCUT2D eigenvalue weighted by atomic mass is 10.1. The number of hydrogen-bond acceptors (Lipinski definition) is 4. The van der Waals surface area contributed by atoms with E-state index in [1.165, 1.54) is 19.4 Å². The molecule has 1 aromatic heterocycles. The zero-order valence-corrected chi connectivity index (χ0v) is 13.1. The molecule has 2 rings (SSSR count). The molecule has 0 aromatic carbocycles. The number of carbonyl (C=O) groups excluding carboxylic acids is 1. The van der Waals surface area contributed by atoms with Gasteiger partial charge >= 0.3 is 0 Å². The molecule has 0 saturated heterocycles. The molecule has 0 unspecified atom stereocenters. The predicted molar refractivity (Wildman–Crippen MR) is 77.4 cm³/mol. The second-order valence-electron chi connectivity index (χ2n) is 5.79. The topological polar surface area (TPSA) is 103 Å². The molecule has 1 aliphatic carbocycles. The third kappa shape index (κ3) is 4.05. The first kappa shape index (κ1) is 16.0. The molecule has 1 saturated carbocycles. The second-order valence-corrected chi connectivity index (χ2v) is 7.35. The van der Waals surface area contributed by atoms with E-state index in [0.717, 1.165) is 12.8 Å². The summed E-state index contributed by atoms with van der Waals surface area (Å²) in [7, 11) is -2.30. The average Bonchev–Trinajstić information content (AvgIpc) is 2.98. The Bertz CT molecular complexity index is 632. The summed E-state index contributed by atoms with van der Waals surface area (Å²) in [6.07, 6.45) is 3.56. The van der Waals surface area contributed by atoms with Crippen molar-refractivity contribution in [1.29, 1.82) is 0 Å². The number of primary sulfonamides is 1. The fourth-order valence-electron chi connectivity index (χ4n) is 1.98. The lowest BCUT2D eigenvalue weighted by Crippen LogP contribution is -2.30. The van der Waals surface area contributed by atoms with Crippen molar-refractivity contribution < 1.29 is 17.9 Å². The van der Waals surface area contributed by atoms with Crippen LogP contribution >= 0.6 is 0 Å². The Morgan fingerprint density at radius 1 is 1.52 bits per heavy atom. The number of amides is 1. The van der Waals surface area contributed by atoms with Gasteiger partial charge in [-0.25, -0.2) is 13.6 Å². The van der Waals surface area contributed by atoms with Crippen LogP contribution in [0, 0.1) is 5.41 Å². The van der Waals surface area contributed by atoms with Crippen molar-refractivity contribution in [2.45, 2.75) is 31.2 Å². The Balaban J connectivity index is 2.18. The summed E-state index contributed by atoms with van der Waals surface area (Å²) in [6, 6.07) is 1.30. The molecule has 1 aliphatic rings. The van der Waals surface area contributed by atoms with Crippen LogP contribution in [0.4, 0.5) is 0 Å². The zero-order valence-electron chi connectivity index (χ0n) is 12.3.